The molecule has 0 atom stereocenters. The maximum Gasteiger partial charge on any atom is 0.416 e. The second-order valence-corrected chi connectivity index (χ2v) is 8.08. The van der Waals surface area contributed by atoms with Crippen LogP contribution in [0.15, 0.2) is 64.1 Å². The third-order valence-corrected chi connectivity index (χ3v) is 5.43. The summed E-state index contributed by atoms with van der Waals surface area (Å²) in [5.41, 5.74) is 0.456. The van der Waals surface area contributed by atoms with Crippen molar-refractivity contribution in [2.75, 3.05) is 12.3 Å². The number of nitrogens with zero attached hydrogens (tertiary/aromatic N) is 3. The van der Waals surface area contributed by atoms with Crippen LogP contribution in [0.5, 0.6) is 11.5 Å². The summed E-state index contributed by atoms with van der Waals surface area (Å²) in [6.07, 6.45) is -1.25. The summed E-state index contributed by atoms with van der Waals surface area (Å²) >= 11 is 0. The Bertz CT molecular complexity index is 1140. The number of hydrazone groups is 1. The first-order valence-electron chi connectivity index (χ1n) is 8.52. The fourth-order valence-electron chi connectivity index (χ4n) is 2.90. The topological polar surface area (TPSA) is 71.3 Å². The number of allylic oxidation sites excluding steroid dienone is 1. The summed E-state index contributed by atoms with van der Waals surface area (Å²) in [6.45, 7) is 0.214. The summed E-state index contributed by atoms with van der Waals surface area (Å²) < 4.78 is 71.5. The number of hydrogen-bond acceptors (Lipinski definition) is 5. The zero-order chi connectivity index (χ0) is 20.6. The van der Waals surface area contributed by atoms with Crippen LogP contribution in [0.4, 0.5) is 13.2 Å². The third-order valence-electron chi connectivity index (χ3n) is 4.28. The van der Waals surface area contributed by atoms with Crippen molar-refractivity contribution in [1.82, 2.24) is 5.01 Å². The third kappa shape index (κ3) is 4.16. The number of rotatable bonds is 3. The van der Waals surface area contributed by atoms with Crippen LogP contribution in [-0.2, 0) is 16.2 Å². The molecule has 10 heteroatoms. The van der Waals surface area contributed by atoms with Crippen molar-refractivity contribution in [3.8, 4) is 11.5 Å². The van der Waals surface area contributed by atoms with E-state index >= 15 is 0 Å². The second kappa shape index (κ2) is 7.03. The number of sulfonamides is 1. The largest absolute Gasteiger partial charge is 0.457 e. The lowest BCUT2D eigenvalue weighted by Crippen LogP contribution is -2.38. The summed E-state index contributed by atoms with van der Waals surface area (Å²) in [7, 11) is -3.54. The Labute approximate surface area is 164 Å². The normalized spacial score (nSPS) is 18.0. The van der Waals surface area contributed by atoms with Gasteiger partial charge in [0.2, 0.25) is 0 Å². The van der Waals surface area contributed by atoms with Crippen molar-refractivity contribution < 1.29 is 26.3 Å². The molecule has 0 bridgehead atoms. The Hall–Kier alpha value is -3.14. The quantitative estimate of drug-likeness (QED) is 0.753. The monoisotopic (exact) mass is 421 g/mol. The van der Waals surface area contributed by atoms with Gasteiger partial charge in [-0.25, -0.2) is 13.4 Å². The molecule has 2 aromatic rings. The van der Waals surface area contributed by atoms with Gasteiger partial charge in [-0.2, -0.15) is 18.3 Å². The first kappa shape index (κ1) is 19.2. The Morgan fingerprint density at radius 2 is 1.79 bits per heavy atom. The van der Waals surface area contributed by atoms with Crippen LogP contribution in [-0.4, -0.2) is 37.8 Å². The van der Waals surface area contributed by atoms with Gasteiger partial charge in [-0.1, -0.05) is 18.2 Å². The van der Waals surface area contributed by atoms with E-state index in [1.54, 1.807) is 36.6 Å². The predicted octanol–water partition coefficient (Wildman–Crippen LogP) is 3.92. The van der Waals surface area contributed by atoms with E-state index in [1.807, 2.05) is 0 Å². The highest BCUT2D eigenvalue weighted by atomic mass is 32.2. The van der Waals surface area contributed by atoms with Gasteiger partial charge in [-0.3, -0.25) is 0 Å². The number of benzene rings is 2. The lowest BCUT2D eigenvalue weighted by Gasteiger charge is -2.27. The molecule has 150 valence electrons. The van der Waals surface area contributed by atoms with Gasteiger partial charge in [0.15, 0.2) is 5.84 Å². The van der Waals surface area contributed by atoms with E-state index in [2.05, 4.69) is 9.50 Å². The molecule has 0 spiro atoms. The minimum atomic E-state index is -4.45. The maximum atomic E-state index is 12.8. The van der Waals surface area contributed by atoms with E-state index < -0.39 is 21.8 Å². The molecule has 0 unspecified atom stereocenters. The molecule has 4 rings (SSSR count). The van der Waals surface area contributed by atoms with Crippen LogP contribution in [0, 0.1) is 0 Å². The molecule has 2 aliphatic rings. The van der Waals surface area contributed by atoms with Crippen molar-refractivity contribution in [3.63, 3.8) is 0 Å². The molecule has 0 saturated carbocycles. The molecule has 29 heavy (non-hydrogen) atoms. The number of alkyl halides is 3. The molecule has 0 aliphatic carbocycles. The van der Waals surface area contributed by atoms with Crippen LogP contribution in [0.25, 0.3) is 5.57 Å². The highest BCUT2D eigenvalue weighted by Crippen LogP contribution is 2.33. The van der Waals surface area contributed by atoms with E-state index in [0.717, 1.165) is 12.1 Å². The zero-order valence-electron chi connectivity index (χ0n) is 14.8. The van der Waals surface area contributed by atoms with Crippen molar-refractivity contribution in [1.29, 1.82) is 0 Å². The Morgan fingerprint density at radius 1 is 1.03 bits per heavy atom. The van der Waals surface area contributed by atoms with Crippen molar-refractivity contribution in [2.24, 2.45) is 9.50 Å². The molecular formula is C19H14F3N3O3S. The molecule has 2 heterocycles. The minimum absolute atomic E-state index is 0.0607. The number of amidine groups is 1. The molecule has 0 radical (unpaired) electrons. The molecule has 0 fully saturated rings. The highest BCUT2D eigenvalue weighted by Gasteiger charge is 2.31. The zero-order valence-corrected chi connectivity index (χ0v) is 15.6. The Balaban J connectivity index is 1.58. The number of hydrogen-bond donors (Lipinski definition) is 0. The first-order valence-corrected chi connectivity index (χ1v) is 10.1. The van der Waals surface area contributed by atoms with Gasteiger partial charge in [0.1, 0.15) is 11.5 Å². The van der Waals surface area contributed by atoms with E-state index in [4.69, 9.17) is 4.74 Å². The van der Waals surface area contributed by atoms with Crippen LogP contribution in [0.2, 0.25) is 0 Å². The molecule has 2 aromatic carbocycles. The van der Waals surface area contributed by atoms with Crippen molar-refractivity contribution >= 4 is 27.6 Å². The molecule has 0 N–H and O–H groups in total. The van der Waals surface area contributed by atoms with E-state index in [0.29, 0.717) is 16.9 Å². The molecule has 6 nitrogen and oxygen atoms in total. The summed E-state index contributed by atoms with van der Waals surface area (Å²) in [6, 6.07) is 11.1. The highest BCUT2D eigenvalue weighted by molar-refractivity contribution is 7.90. The van der Waals surface area contributed by atoms with E-state index in [1.165, 1.54) is 17.1 Å². The van der Waals surface area contributed by atoms with Gasteiger partial charge < -0.3 is 4.74 Å². The van der Waals surface area contributed by atoms with Gasteiger partial charge >= 0.3 is 6.18 Å². The fourth-order valence-corrected chi connectivity index (χ4v) is 3.85. The molecule has 0 amide bonds. The lowest BCUT2D eigenvalue weighted by atomic mass is 10.0. The first-order chi connectivity index (χ1) is 13.7. The molecule has 2 aliphatic heterocycles. The number of fused-ring (bicyclic) bond motifs is 1. The Morgan fingerprint density at radius 3 is 2.52 bits per heavy atom. The summed E-state index contributed by atoms with van der Waals surface area (Å²) in [4.78, 5) is 0. The van der Waals surface area contributed by atoms with E-state index in [-0.39, 0.29) is 23.9 Å². The lowest BCUT2D eigenvalue weighted by molar-refractivity contribution is -0.137. The van der Waals surface area contributed by atoms with Crippen LogP contribution in [0.1, 0.15) is 11.1 Å². The fraction of sp³-hybridized carbons (Fsp3) is 0.158. The SMILES string of the molecule is O=S1(=O)CCN2N=CC=C(c3ccc(Oc4cccc(C(F)(F)F)c4)cc3)C2=N1. The van der Waals surface area contributed by atoms with Crippen LogP contribution < -0.4 is 4.74 Å². The van der Waals surface area contributed by atoms with Gasteiger partial charge in [-0.05, 0) is 42.0 Å². The predicted molar refractivity (Wildman–Crippen MR) is 102 cm³/mol. The van der Waals surface area contributed by atoms with Crippen molar-refractivity contribution in [2.45, 2.75) is 6.18 Å². The summed E-state index contributed by atoms with van der Waals surface area (Å²) in [5, 5.41) is 5.63. The van der Waals surface area contributed by atoms with E-state index in [9.17, 15) is 21.6 Å². The maximum absolute atomic E-state index is 12.8. The van der Waals surface area contributed by atoms with Gasteiger partial charge in [0.05, 0.1) is 17.9 Å². The van der Waals surface area contributed by atoms with Crippen LogP contribution >= 0.6 is 0 Å². The van der Waals surface area contributed by atoms with Crippen LogP contribution in [0.3, 0.4) is 0 Å². The minimum Gasteiger partial charge on any atom is -0.457 e. The van der Waals surface area contributed by atoms with Gasteiger partial charge in [0.25, 0.3) is 10.0 Å². The standard InChI is InChI=1S/C19H14F3N3O3S/c20-19(21,22)14-2-1-3-16(12-14)28-15-6-4-13(5-7-15)17-8-9-23-25-10-11-29(26,27)24-18(17)25/h1-9,12H,10-11H2. The molecule has 0 aromatic heterocycles. The number of ether oxygens (including phenoxy) is 1. The van der Waals surface area contributed by atoms with Gasteiger partial charge in [-0.15, -0.1) is 4.40 Å². The average molecular weight is 421 g/mol. The molecule has 0 saturated heterocycles. The Kier molecular flexibility index (Phi) is 4.65. The molecular weight excluding hydrogens is 407 g/mol. The summed E-state index contributed by atoms with van der Waals surface area (Å²) in [5.74, 6) is 0.536. The second-order valence-electron chi connectivity index (χ2n) is 6.32. The van der Waals surface area contributed by atoms with Gasteiger partial charge in [0, 0.05) is 11.8 Å². The smallest absolute Gasteiger partial charge is 0.416 e. The van der Waals surface area contributed by atoms with Crippen molar-refractivity contribution in [3.05, 3.63) is 65.7 Å². The number of halogens is 3. The average Bonchev–Trinajstić information content (AvgIpc) is 2.67.